The minimum Gasteiger partial charge on any atom is -0.465 e. The molecule has 1 unspecified atom stereocenters. The molecule has 0 aliphatic heterocycles. The topological polar surface area (TPSA) is 84.5 Å². The number of benzene rings is 2. The first-order chi connectivity index (χ1) is 13.9. The number of rotatable bonds is 8. The summed E-state index contributed by atoms with van der Waals surface area (Å²) in [6, 6.07) is 14.1. The Bertz CT molecular complexity index is 888. The zero-order valence-corrected chi connectivity index (χ0v) is 16.9. The van der Waals surface area contributed by atoms with Gasteiger partial charge in [0.2, 0.25) is 11.8 Å². The van der Waals surface area contributed by atoms with E-state index in [0.717, 1.165) is 17.5 Å². The summed E-state index contributed by atoms with van der Waals surface area (Å²) in [5.41, 5.74) is 2.84. The van der Waals surface area contributed by atoms with Crippen LogP contribution in [0.3, 0.4) is 0 Å². The van der Waals surface area contributed by atoms with Crippen molar-refractivity contribution in [2.24, 2.45) is 5.92 Å². The van der Waals surface area contributed by atoms with Crippen LogP contribution in [0.25, 0.3) is 6.08 Å². The lowest BCUT2D eigenvalue weighted by molar-refractivity contribution is -0.119. The lowest BCUT2D eigenvalue weighted by Gasteiger charge is -2.11. The number of carbonyl (C=O) groups is 3. The van der Waals surface area contributed by atoms with Gasteiger partial charge in [-0.25, -0.2) is 4.79 Å². The van der Waals surface area contributed by atoms with Crippen LogP contribution in [-0.4, -0.2) is 24.9 Å². The number of methoxy groups -OCH3 is 1. The minimum atomic E-state index is -0.402. The number of hydrogen-bond donors (Lipinski definition) is 2. The highest BCUT2D eigenvalue weighted by Gasteiger charge is 2.10. The van der Waals surface area contributed by atoms with Crippen molar-refractivity contribution < 1.29 is 19.1 Å². The SMILES string of the molecule is CCC(C)C(=O)Nc1cccc(CNC(=O)C=Cc2ccc(C(=O)OC)cc2)c1. The second-order valence-corrected chi connectivity index (χ2v) is 6.66. The number of carbonyl (C=O) groups excluding carboxylic acids is 3. The standard InChI is InChI=1S/C23H26N2O4/c1-4-16(2)22(27)25-20-7-5-6-18(14-20)15-24-21(26)13-10-17-8-11-19(12-9-17)23(28)29-3/h5-14,16H,4,15H2,1-3H3,(H,24,26)(H,25,27). The fraction of sp³-hybridized carbons (Fsp3) is 0.261. The van der Waals surface area contributed by atoms with Gasteiger partial charge in [-0.3, -0.25) is 9.59 Å². The van der Waals surface area contributed by atoms with Crippen LogP contribution in [0.1, 0.15) is 41.8 Å². The molecule has 0 heterocycles. The van der Waals surface area contributed by atoms with Gasteiger partial charge in [0.15, 0.2) is 0 Å². The van der Waals surface area contributed by atoms with Crippen molar-refractivity contribution in [2.45, 2.75) is 26.8 Å². The first-order valence-electron chi connectivity index (χ1n) is 9.47. The van der Waals surface area contributed by atoms with Crippen LogP contribution in [0.4, 0.5) is 5.69 Å². The predicted octanol–water partition coefficient (Wildman–Crippen LogP) is 3.79. The van der Waals surface area contributed by atoms with Gasteiger partial charge in [-0.15, -0.1) is 0 Å². The summed E-state index contributed by atoms with van der Waals surface area (Å²) in [6.07, 6.45) is 3.88. The highest BCUT2D eigenvalue weighted by Crippen LogP contribution is 2.13. The van der Waals surface area contributed by atoms with Crippen molar-refractivity contribution in [3.8, 4) is 0 Å². The van der Waals surface area contributed by atoms with Crippen molar-refractivity contribution >= 4 is 29.5 Å². The van der Waals surface area contributed by atoms with Crippen molar-refractivity contribution in [1.82, 2.24) is 5.32 Å². The number of amides is 2. The van der Waals surface area contributed by atoms with Crippen LogP contribution in [0.5, 0.6) is 0 Å². The van der Waals surface area contributed by atoms with Gasteiger partial charge in [-0.1, -0.05) is 38.1 Å². The maximum atomic E-state index is 12.1. The molecule has 0 aliphatic carbocycles. The van der Waals surface area contributed by atoms with Crippen molar-refractivity contribution in [1.29, 1.82) is 0 Å². The number of esters is 1. The summed E-state index contributed by atoms with van der Waals surface area (Å²) in [4.78, 5) is 35.5. The monoisotopic (exact) mass is 394 g/mol. The number of hydrogen-bond acceptors (Lipinski definition) is 4. The summed E-state index contributed by atoms with van der Waals surface area (Å²) in [5.74, 6) is -0.711. The molecule has 6 nitrogen and oxygen atoms in total. The van der Waals surface area contributed by atoms with E-state index in [1.54, 1.807) is 30.3 Å². The molecular formula is C23H26N2O4. The molecule has 6 heteroatoms. The average Bonchev–Trinajstić information content (AvgIpc) is 2.75. The third-order valence-corrected chi connectivity index (χ3v) is 4.48. The molecule has 2 N–H and O–H groups in total. The molecule has 2 aromatic carbocycles. The fourth-order valence-electron chi connectivity index (χ4n) is 2.48. The maximum Gasteiger partial charge on any atom is 0.337 e. The van der Waals surface area contributed by atoms with Gasteiger partial charge in [-0.05, 0) is 47.9 Å². The Kier molecular flexibility index (Phi) is 8.15. The van der Waals surface area contributed by atoms with Crippen LogP contribution < -0.4 is 10.6 Å². The second kappa shape index (κ2) is 10.8. The molecule has 0 bridgehead atoms. The molecule has 0 saturated heterocycles. The fourth-order valence-corrected chi connectivity index (χ4v) is 2.48. The Morgan fingerprint density at radius 3 is 2.48 bits per heavy atom. The molecule has 2 amide bonds. The highest BCUT2D eigenvalue weighted by molar-refractivity contribution is 5.93. The summed E-state index contributed by atoms with van der Waals surface area (Å²) in [7, 11) is 1.33. The first kappa shape index (κ1) is 21.9. The molecule has 0 fully saturated rings. The van der Waals surface area contributed by atoms with E-state index in [9.17, 15) is 14.4 Å². The minimum absolute atomic E-state index is 0.0187. The van der Waals surface area contributed by atoms with Gasteiger partial charge >= 0.3 is 5.97 Å². The van der Waals surface area contributed by atoms with E-state index in [0.29, 0.717) is 17.8 Å². The third-order valence-electron chi connectivity index (χ3n) is 4.48. The molecule has 0 aromatic heterocycles. The lowest BCUT2D eigenvalue weighted by atomic mass is 10.1. The van der Waals surface area contributed by atoms with Gasteiger partial charge < -0.3 is 15.4 Å². The number of ether oxygens (including phenoxy) is 1. The van der Waals surface area contributed by atoms with Crippen molar-refractivity contribution in [2.75, 3.05) is 12.4 Å². The Morgan fingerprint density at radius 1 is 1.10 bits per heavy atom. The Balaban J connectivity index is 1.89. The van der Waals surface area contributed by atoms with E-state index in [-0.39, 0.29) is 17.7 Å². The van der Waals surface area contributed by atoms with Crippen LogP contribution in [-0.2, 0) is 20.9 Å². The number of anilines is 1. The van der Waals surface area contributed by atoms with Crippen molar-refractivity contribution in [3.05, 3.63) is 71.3 Å². The first-order valence-corrected chi connectivity index (χ1v) is 9.47. The van der Waals surface area contributed by atoms with Gasteiger partial charge in [0.25, 0.3) is 0 Å². The van der Waals surface area contributed by atoms with Crippen LogP contribution in [0.2, 0.25) is 0 Å². The normalized spacial score (nSPS) is 11.7. The van der Waals surface area contributed by atoms with Gasteiger partial charge in [-0.2, -0.15) is 0 Å². The molecule has 2 aromatic rings. The Labute approximate surface area is 171 Å². The zero-order chi connectivity index (χ0) is 21.2. The smallest absolute Gasteiger partial charge is 0.337 e. The summed E-state index contributed by atoms with van der Waals surface area (Å²) >= 11 is 0. The molecule has 0 spiro atoms. The van der Waals surface area contributed by atoms with Crippen molar-refractivity contribution in [3.63, 3.8) is 0 Å². The predicted molar refractivity (Wildman–Crippen MR) is 113 cm³/mol. The van der Waals surface area contributed by atoms with E-state index >= 15 is 0 Å². The van der Waals surface area contributed by atoms with Crippen LogP contribution >= 0.6 is 0 Å². The molecule has 0 radical (unpaired) electrons. The van der Waals surface area contributed by atoms with Gasteiger partial charge in [0, 0.05) is 24.2 Å². The van der Waals surface area contributed by atoms with E-state index in [4.69, 9.17) is 0 Å². The summed E-state index contributed by atoms with van der Waals surface area (Å²) in [6.45, 7) is 4.20. The van der Waals surface area contributed by atoms with Gasteiger partial charge in [0.05, 0.1) is 12.7 Å². The quantitative estimate of drug-likeness (QED) is 0.527. The number of nitrogens with one attached hydrogen (secondary N) is 2. The largest absolute Gasteiger partial charge is 0.465 e. The van der Waals surface area contributed by atoms with E-state index in [1.165, 1.54) is 13.2 Å². The molecule has 0 aliphatic rings. The maximum absolute atomic E-state index is 12.1. The molecular weight excluding hydrogens is 368 g/mol. The molecule has 152 valence electrons. The van der Waals surface area contributed by atoms with Gasteiger partial charge in [0.1, 0.15) is 0 Å². The second-order valence-electron chi connectivity index (χ2n) is 6.66. The van der Waals surface area contributed by atoms with Crippen LogP contribution in [0, 0.1) is 5.92 Å². The van der Waals surface area contributed by atoms with Crippen LogP contribution in [0.15, 0.2) is 54.6 Å². The Morgan fingerprint density at radius 2 is 1.83 bits per heavy atom. The van der Waals surface area contributed by atoms with E-state index < -0.39 is 5.97 Å². The van der Waals surface area contributed by atoms with E-state index in [2.05, 4.69) is 15.4 Å². The molecule has 29 heavy (non-hydrogen) atoms. The molecule has 2 rings (SSSR count). The highest BCUT2D eigenvalue weighted by atomic mass is 16.5. The lowest BCUT2D eigenvalue weighted by Crippen LogP contribution is -2.21. The van der Waals surface area contributed by atoms with E-state index in [1.807, 2.05) is 38.1 Å². The molecule has 0 saturated carbocycles. The zero-order valence-electron chi connectivity index (χ0n) is 16.9. The summed E-state index contributed by atoms with van der Waals surface area (Å²) in [5, 5.41) is 5.70. The molecule has 1 atom stereocenters. The average molecular weight is 394 g/mol. The third kappa shape index (κ3) is 6.92. The summed E-state index contributed by atoms with van der Waals surface area (Å²) < 4.78 is 4.65. The Hall–Kier alpha value is -3.41.